The molecule has 1 unspecified atom stereocenters. The van der Waals surface area contributed by atoms with Gasteiger partial charge < -0.3 is 5.32 Å². The average Bonchev–Trinajstić information content (AvgIpc) is 2.91. The predicted octanol–water partition coefficient (Wildman–Crippen LogP) is 3.60. The van der Waals surface area contributed by atoms with Crippen molar-refractivity contribution in [1.82, 2.24) is 15.5 Å². The van der Waals surface area contributed by atoms with E-state index in [9.17, 15) is 0 Å². The molecule has 0 aliphatic rings. The third-order valence-corrected chi connectivity index (χ3v) is 5.05. The number of aromatic nitrogens is 2. The maximum absolute atomic E-state index is 4.08. The van der Waals surface area contributed by atoms with Crippen LogP contribution in [0.1, 0.15) is 29.7 Å². The van der Waals surface area contributed by atoms with Crippen molar-refractivity contribution in [3.63, 3.8) is 0 Å². The number of thioether (sulfide) groups is 1. The average molecular weight is 293 g/mol. The summed E-state index contributed by atoms with van der Waals surface area (Å²) in [7, 11) is 0. The van der Waals surface area contributed by atoms with Crippen LogP contribution in [0.5, 0.6) is 0 Å². The summed E-state index contributed by atoms with van der Waals surface area (Å²) < 4.78 is 1.03. The summed E-state index contributed by atoms with van der Waals surface area (Å²) in [4.78, 5) is 0. The van der Waals surface area contributed by atoms with Crippen molar-refractivity contribution in [3.05, 3.63) is 40.4 Å². The van der Waals surface area contributed by atoms with Gasteiger partial charge >= 0.3 is 0 Å². The van der Waals surface area contributed by atoms with E-state index in [0.29, 0.717) is 6.04 Å². The summed E-state index contributed by atoms with van der Waals surface area (Å²) in [6.45, 7) is 7.43. The van der Waals surface area contributed by atoms with Crippen molar-refractivity contribution in [2.75, 3.05) is 12.3 Å². The highest BCUT2D eigenvalue weighted by atomic mass is 32.2. The lowest BCUT2D eigenvalue weighted by molar-refractivity contribution is 0.605. The summed E-state index contributed by atoms with van der Waals surface area (Å²) in [5.74, 6) is 0.978. The van der Waals surface area contributed by atoms with Crippen molar-refractivity contribution >= 4 is 23.1 Å². The highest BCUT2D eigenvalue weighted by Gasteiger charge is 2.12. The molecule has 1 aromatic heterocycles. The zero-order valence-electron chi connectivity index (χ0n) is 11.5. The van der Waals surface area contributed by atoms with Crippen LogP contribution < -0.4 is 5.32 Å². The molecule has 1 N–H and O–H groups in total. The Kier molecular flexibility index (Phi) is 5.36. The van der Waals surface area contributed by atoms with Crippen LogP contribution in [0.25, 0.3) is 0 Å². The highest BCUT2D eigenvalue weighted by Crippen LogP contribution is 2.26. The van der Waals surface area contributed by atoms with Gasteiger partial charge in [0, 0.05) is 11.8 Å². The molecule has 19 heavy (non-hydrogen) atoms. The maximum atomic E-state index is 4.08. The Balaban J connectivity index is 2.07. The Hall–Kier alpha value is -0.910. The molecule has 0 amide bonds. The van der Waals surface area contributed by atoms with E-state index in [-0.39, 0.29) is 0 Å². The quantitative estimate of drug-likeness (QED) is 0.826. The van der Waals surface area contributed by atoms with E-state index in [1.165, 1.54) is 16.7 Å². The first-order valence-electron chi connectivity index (χ1n) is 6.40. The molecule has 0 saturated heterocycles. The van der Waals surface area contributed by atoms with Gasteiger partial charge in [0.1, 0.15) is 5.51 Å². The summed E-state index contributed by atoms with van der Waals surface area (Å²) >= 11 is 3.36. The second-order valence-corrected chi connectivity index (χ2v) is 6.57. The number of benzene rings is 1. The van der Waals surface area contributed by atoms with Crippen molar-refractivity contribution in [1.29, 1.82) is 0 Å². The van der Waals surface area contributed by atoms with E-state index in [0.717, 1.165) is 16.6 Å². The molecule has 5 heteroatoms. The van der Waals surface area contributed by atoms with E-state index in [1.54, 1.807) is 28.6 Å². The van der Waals surface area contributed by atoms with Crippen LogP contribution in [0, 0.1) is 13.8 Å². The number of nitrogens with zero attached hydrogens (tertiary/aromatic N) is 2. The maximum Gasteiger partial charge on any atom is 0.174 e. The van der Waals surface area contributed by atoms with Gasteiger partial charge in [-0.3, -0.25) is 0 Å². The molecule has 0 radical (unpaired) electrons. The van der Waals surface area contributed by atoms with E-state index < -0.39 is 0 Å². The first-order chi connectivity index (χ1) is 9.20. The lowest BCUT2D eigenvalue weighted by Crippen LogP contribution is -2.23. The van der Waals surface area contributed by atoms with Gasteiger partial charge in [-0.05, 0) is 37.1 Å². The fourth-order valence-electron chi connectivity index (χ4n) is 1.88. The minimum atomic E-state index is 0.359. The summed E-state index contributed by atoms with van der Waals surface area (Å²) in [5, 5.41) is 11.5. The highest BCUT2D eigenvalue weighted by molar-refractivity contribution is 8.01. The van der Waals surface area contributed by atoms with Gasteiger partial charge in [-0.1, -0.05) is 48.2 Å². The van der Waals surface area contributed by atoms with Crippen LogP contribution >= 0.6 is 23.1 Å². The van der Waals surface area contributed by atoms with Crippen molar-refractivity contribution in [3.8, 4) is 0 Å². The fraction of sp³-hybridized carbons (Fsp3) is 0.429. The fourth-order valence-corrected chi connectivity index (χ4v) is 3.49. The molecular weight excluding hydrogens is 274 g/mol. The molecule has 0 spiro atoms. The van der Waals surface area contributed by atoms with E-state index in [1.807, 2.05) is 0 Å². The Labute approximate surface area is 122 Å². The number of rotatable bonds is 6. The molecule has 0 fully saturated rings. The summed E-state index contributed by atoms with van der Waals surface area (Å²) in [6, 6.07) is 7.06. The van der Waals surface area contributed by atoms with Gasteiger partial charge in [0.25, 0.3) is 0 Å². The van der Waals surface area contributed by atoms with Gasteiger partial charge in [-0.15, -0.1) is 10.2 Å². The lowest BCUT2D eigenvalue weighted by Gasteiger charge is -2.18. The van der Waals surface area contributed by atoms with Gasteiger partial charge in [0.2, 0.25) is 0 Å². The van der Waals surface area contributed by atoms with Gasteiger partial charge in [-0.25, -0.2) is 0 Å². The van der Waals surface area contributed by atoms with Crippen molar-refractivity contribution < 1.29 is 0 Å². The standard InChI is InChI=1S/C14H19N3S2/c1-4-15-13(8-18-14-17-16-9-19-14)12-6-5-10(2)11(3)7-12/h5-7,9,13,15H,4,8H2,1-3H3. The van der Waals surface area contributed by atoms with Crippen molar-refractivity contribution in [2.45, 2.75) is 31.2 Å². The minimum absolute atomic E-state index is 0.359. The molecule has 1 heterocycles. The Morgan fingerprint density at radius 3 is 2.79 bits per heavy atom. The second kappa shape index (κ2) is 7.03. The molecule has 0 aliphatic heterocycles. The molecule has 2 rings (SSSR count). The van der Waals surface area contributed by atoms with Crippen LogP contribution in [-0.2, 0) is 0 Å². The first kappa shape index (κ1) is 14.5. The zero-order chi connectivity index (χ0) is 13.7. The van der Waals surface area contributed by atoms with Gasteiger partial charge in [0.05, 0.1) is 0 Å². The monoisotopic (exact) mass is 293 g/mol. The Morgan fingerprint density at radius 2 is 2.16 bits per heavy atom. The Bertz CT molecular complexity index is 511. The van der Waals surface area contributed by atoms with Gasteiger partial charge in [0.15, 0.2) is 4.34 Å². The molecule has 1 aromatic carbocycles. The molecule has 0 saturated carbocycles. The van der Waals surface area contributed by atoms with Crippen LogP contribution in [0.2, 0.25) is 0 Å². The third-order valence-electron chi connectivity index (χ3n) is 3.10. The Morgan fingerprint density at radius 1 is 1.32 bits per heavy atom. The van der Waals surface area contributed by atoms with E-state index in [2.05, 4.69) is 54.5 Å². The SMILES string of the molecule is CCNC(CSc1nncs1)c1ccc(C)c(C)c1. The third kappa shape index (κ3) is 4.03. The van der Waals surface area contributed by atoms with Gasteiger partial charge in [-0.2, -0.15) is 0 Å². The molecular formula is C14H19N3S2. The molecule has 1 atom stereocenters. The molecule has 102 valence electrons. The van der Waals surface area contributed by atoms with Crippen LogP contribution in [0.4, 0.5) is 0 Å². The molecule has 2 aromatic rings. The van der Waals surface area contributed by atoms with E-state index >= 15 is 0 Å². The molecule has 0 aliphatic carbocycles. The zero-order valence-corrected chi connectivity index (χ0v) is 13.1. The van der Waals surface area contributed by atoms with Crippen LogP contribution in [-0.4, -0.2) is 22.5 Å². The minimum Gasteiger partial charge on any atom is -0.309 e. The lowest BCUT2D eigenvalue weighted by atomic mass is 10.0. The van der Waals surface area contributed by atoms with Crippen LogP contribution in [0.3, 0.4) is 0 Å². The normalized spacial score (nSPS) is 12.6. The topological polar surface area (TPSA) is 37.8 Å². The number of aryl methyl sites for hydroxylation is 2. The summed E-state index contributed by atoms with van der Waals surface area (Å²) in [5.41, 5.74) is 5.82. The molecule has 0 bridgehead atoms. The summed E-state index contributed by atoms with van der Waals surface area (Å²) in [6.07, 6.45) is 0. The predicted molar refractivity (Wildman–Crippen MR) is 83.0 cm³/mol. The van der Waals surface area contributed by atoms with Crippen molar-refractivity contribution in [2.24, 2.45) is 0 Å². The number of nitrogens with one attached hydrogen (secondary N) is 1. The molecule has 3 nitrogen and oxygen atoms in total. The first-order valence-corrected chi connectivity index (χ1v) is 8.26. The number of hydrogen-bond acceptors (Lipinski definition) is 5. The van der Waals surface area contributed by atoms with Crippen LogP contribution in [0.15, 0.2) is 28.0 Å². The second-order valence-electron chi connectivity index (χ2n) is 4.47. The smallest absolute Gasteiger partial charge is 0.174 e. The number of hydrogen-bond donors (Lipinski definition) is 1. The largest absolute Gasteiger partial charge is 0.309 e. The van der Waals surface area contributed by atoms with E-state index in [4.69, 9.17) is 0 Å².